The van der Waals surface area contributed by atoms with Crippen molar-refractivity contribution in [2.75, 3.05) is 0 Å². The summed E-state index contributed by atoms with van der Waals surface area (Å²) in [6.45, 7) is 5.36. The number of hydrogen-bond donors (Lipinski definition) is 2. The smallest absolute Gasteiger partial charge is 0.338 e. The third-order valence-corrected chi connectivity index (χ3v) is 2.33. The molecule has 5 nitrogen and oxygen atoms in total. The van der Waals surface area contributed by atoms with Gasteiger partial charge in [-0.15, -0.1) is 0 Å². The van der Waals surface area contributed by atoms with E-state index >= 15 is 0 Å². The lowest BCUT2D eigenvalue weighted by Gasteiger charge is -2.19. The first-order valence-electron chi connectivity index (χ1n) is 6.00. The molecule has 1 atom stereocenters. The maximum Gasteiger partial charge on any atom is 0.338 e. The van der Waals surface area contributed by atoms with Gasteiger partial charge in [0.2, 0.25) is 0 Å². The molecule has 104 valence electrons. The molecule has 3 N–H and O–H groups in total. The molecule has 0 spiro atoms. The van der Waals surface area contributed by atoms with E-state index in [1.807, 2.05) is 0 Å². The number of ether oxygens (including phenoxy) is 1. The van der Waals surface area contributed by atoms with Crippen LogP contribution in [-0.2, 0) is 16.0 Å². The van der Waals surface area contributed by atoms with Gasteiger partial charge in [-0.25, -0.2) is 4.79 Å². The Morgan fingerprint density at radius 2 is 2.00 bits per heavy atom. The van der Waals surface area contributed by atoms with Gasteiger partial charge in [-0.3, -0.25) is 4.79 Å². The Bertz CT molecular complexity index is 477. The topological polar surface area (TPSA) is 89.6 Å². The van der Waals surface area contributed by atoms with Gasteiger partial charge in [0, 0.05) is 0 Å². The Kier molecular flexibility index (Phi) is 4.67. The number of carboxylic acid groups (broad SMARTS) is 1. The molecule has 19 heavy (non-hydrogen) atoms. The highest BCUT2D eigenvalue weighted by Gasteiger charge is 2.18. The van der Waals surface area contributed by atoms with Crippen LogP contribution in [0.5, 0.6) is 0 Å². The summed E-state index contributed by atoms with van der Waals surface area (Å²) in [6.07, 6.45) is 0.173. The summed E-state index contributed by atoms with van der Waals surface area (Å²) in [7, 11) is 0. The lowest BCUT2D eigenvalue weighted by molar-refractivity contribution is -0.138. The van der Waals surface area contributed by atoms with E-state index in [-0.39, 0.29) is 6.42 Å². The largest absolute Gasteiger partial charge is 0.480 e. The Labute approximate surface area is 112 Å². The van der Waals surface area contributed by atoms with E-state index in [1.54, 1.807) is 45.0 Å². The highest BCUT2D eigenvalue weighted by molar-refractivity contribution is 5.89. The van der Waals surface area contributed by atoms with Crippen molar-refractivity contribution in [3.8, 4) is 0 Å². The molecule has 0 heterocycles. The summed E-state index contributed by atoms with van der Waals surface area (Å²) in [4.78, 5) is 22.6. The van der Waals surface area contributed by atoms with Crippen LogP contribution in [0.15, 0.2) is 24.3 Å². The van der Waals surface area contributed by atoms with Crippen LogP contribution in [0.1, 0.15) is 36.7 Å². The van der Waals surface area contributed by atoms with Gasteiger partial charge in [0.25, 0.3) is 0 Å². The molecule has 0 fully saturated rings. The van der Waals surface area contributed by atoms with Crippen LogP contribution in [0.2, 0.25) is 0 Å². The zero-order chi connectivity index (χ0) is 14.6. The fraction of sp³-hybridized carbons (Fsp3) is 0.429. The minimum absolute atomic E-state index is 0.173. The van der Waals surface area contributed by atoms with Crippen molar-refractivity contribution in [2.24, 2.45) is 5.73 Å². The Morgan fingerprint density at radius 1 is 1.37 bits per heavy atom. The van der Waals surface area contributed by atoms with Gasteiger partial charge in [-0.1, -0.05) is 12.1 Å². The van der Waals surface area contributed by atoms with Gasteiger partial charge in [0.05, 0.1) is 5.56 Å². The fourth-order valence-electron chi connectivity index (χ4n) is 1.50. The van der Waals surface area contributed by atoms with Crippen molar-refractivity contribution in [3.63, 3.8) is 0 Å². The van der Waals surface area contributed by atoms with Crippen LogP contribution in [0, 0.1) is 0 Å². The third-order valence-electron chi connectivity index (χ3n) is 2.33. The van der Waals surface area contributed by atoms with Gasteiger partial charge < -0.3 is 15.6 Å². The van der Waals surface area contributed by atoms with E-state index in [4.69, 9.17) is 15.6 Å². The van der Waals surface area contributed by atoms with Crippen LogP contribution in [-0.4, -0.2) is 28.7 Å². The van der Waals surface area contributed by atoms with Crippen molar-refractivity contribution < 1.29 is 19.4 Å². The first kappa shape index (κ1) is 15.2. The first-order valence-corrected chi connectivity index (χ1v) is 6.00. The van der Waals surface area contributed by atoms with E-state index in [2.05, 4.69) is 0 Å². The molecule has 0 bridgehead atoms. The van der Waals surface area contributed by atoms with Gasteiger partial charge >= 0.3 is 11.9 Å². The molecule has 0 saturated carbocycles. The molecule has 0 aliphatic carbocycles. The van der Waals surface area contributed by atoms with Crippen molar-refractivity contribution >= 4 is 11.9 Å². The molecule has 0 radical (unpaired) electrons. The second-order valence-electron chi connectivity index (χ2n) is 5.35. The highest BCUT2D eigenvalue weighted by atomic mass is 16.6. The molecule has 0 aliphatic heterocycles. The van der Waals surface area contributed by atoms with Crippen LogP contribution in [0.3, 0.4) is 0 Å². The van der Waals surface area contributed by atoms with Crippen LogP contribution < -0.4 is 5.73 Å². The summed E-state index contributed by atoms with van der Waals surface area (Å²) in [5, 5.41) is 8.76. The minimum atomic E-state index is -1.07. The molecule has 0 aliphatic rings. The summed E-state index contributed by atoms with van der Waals surface area (Å²) >= 11 is 0. The monoisotopic (exact) mass is 265 g/mol. The van der Waals surface area contributed by atoms with E-state index in [0.29, 0.717) is 11.1 Å². The lowest BCUT2D eigenvalue weighted by Crippen LogP contribution is -2.32. The number of carbonyl (C=O) groups excluding carboxylic acids is 1. The second-order valence-corrected chi connectivity index (χ2v) is 5.35. The first-order chi connectivity index (χ1) is 8.69. The minimum Gasteiger partial charge on any atom is -0.480 e. The molecular formula is C14H19NO4. The number of esters is 1. The normalized spacial score (nSPS) is 12.8. The molecule has 1 aromatic rings. The predicted octanol–water partition coefficient (Wildman–Crippen LogP) is 1.60. The van der Waals surface area contributed by atoms with Gasteiger partial charge in [-0.05, 0) is 44.9 Å². The zero-order valence-corrected chi connectivity index (χ0v) is 11.3. The summed E-state index contributed by atoms with van der Waals surface area (Å²) in [6, 6.07) is 5.68. The average Bonchev–Trinajstić information content (AvgIpc) is 2.27. The lowest BCUT2D eigenvalue weighted by atomic mass is 10.0. The second kappa shape index (κ2) is 5.84. The Morgan fingerprint density at radius 3 is 2.53 bits per heavy atom. The summed E-state index contributed by atoms with van der Waals surface area (Å²) in [5.74, 6) is -1.50. The number of rotatable bonds is 4. The van der Waals surface area contributed by atoms with Crippen LogP contribution in [0.4, 0.5) is 0 Å². The molecule has 0 aromatic heterocycles. The number of carboxylic acids is 1. The highest BCUT2D eigenvalue weighted by Crippen LogP contribution is 2.14. The molecular weight excluding hydrogens is 246 g/mol. The zero-order valence-electron chi connectivity index (χ0n) is 11.3. The maximum atomic E-state index is 11.9. The van der Waals surface area contributed by atoms with E-state index in [1.165, 1.54) is 0 Å². The van der Waals surface area contributed by atoms with Crippen molar-refractivity contribution in [2.45, 2.75) is 38.8 Å². The van der Waals surface area contributed by atoms with Crippen LogP contribution in [0.25, 0.3) is 0 Å². The number of aliphatic carboxylic acids is 1. The molecule has 0 amide bonds. The van der Waals surface area contributed by atoms with Crippen molar-refractivity contribution in [1.29, 1.82) is 0 Å². The van der Waals surface area contributed by atoms with E-state index in [9.17, 15) is 9.59 Å². The number of hydrogen-bond acceptors (Lipinski definition) is 4. The number of nitrogens with two attached hydrogens (primary N) is 1. The molecule has 5 heteroatoms. The van der Waals surface area contributed by atoms with E-state index in [0.717, 1.165) is 0 Å². The molecule has 0 saturated heterocycles. The van der Waals surface area contributed by atoms with Crippen LogP contribution >= 0.6 is 0 Å². The standard InChI is InChI=1S/C14H19NO4/c1-14(2,3)19-13(18)10-6-4-5-9(7-10)8-11(15)12(16)17/h4-7,11H,8,15H2,1-3H3,(H,16,17)/t11-/m0/s1. The molecule has 1 aromatic carbocycles. The average molecular weight is 265 g/mol. The third kappa shape index (κ3) is 5.09. The molecule has 0 unspecified atom stereocenters. The Balaban J connectivity index is 2.82. The summed E-state index contributed by atoms with van der Waals surface area (Å²) < 4.78 is 5.24. The maximum absolute atomic E-state index is 11.9. The van der Waals surface area contributed by atoms with Gasteiger partial charge in [0.1, 0.15) is 11.6 Å². The van der Waals surface area contributed by atoms with Crippen molar-refractivity contribution in [1.82, 2.24) is 0 Å². The number of benzene rings is 1. The molecule has 1 rings (SSSR count). The fourth-order valence-corrected chi connectivity index (χ4v) is 1.50. The SMILES string of the molecule is CC(C)(C)OC(=O)c1cccc(C[C@H](N)C(=O)O)c1. The van der Waals surface area contributed by atoms with Gasteiger partial charge in [-0.2, -0.15) is 0 Å². The Hall–Kier alpha value is -1.88. The quantitative estimate of drug-likeness (QED) is 0.807. The summed E-state index contributed by atoms with van der Waals surface area (Å²) in [5.41, 5.74) is 5.98. The van der Waals surface area contributed by atoms with E-state index < -0.39 is 23.6 Å². The predicted molar refractivity (Wildman–Crippen MR) is 70.9 cm³/mol. The van der Waals surface area contributed by atoms with Crippen molar-refractivity contribution in [3.05, 3.63) is 35.4 Å². The van der Waals surface area contributed by atoms with Gasteiger partial charge in [0.15, 0.2) is 0 Å². The number of carbonyl (C=O) groups is 2.